The van der Waals surface area contributed by atoms with E-state index in [2.05, 4.69) is 37.9 Å². The summed E-state index contributed by atoms with van der Waals surface area (Å²) >= 11 is 1.85. The highest BCUT2D eigenvalue weighted by atomic mass is 32.2. The lowest BCUT2D eigenvalue weighted by atomic mass is 10.1. The Labute approximate surface area is 112 Å². The molecule has 18 heavy (non-hydrogen) atoms. The van der Waals surface area contributed by atoms with Gasteiger partial charge >= 0.3 is 5.97 Å². The van der Waals surface area contributed by atoms with Crippen molar-refractivity contribution in [3.8, 4) is 0 Å². The number of carbonyl (C=O) groups is 1. The molecule has 1 atom stereocenters. The number of fused-ring (bicyclic) bond motifs is 1. The number of aryl methyl sites for hydroxylation is 2. The standard InChI is InChI=1S/C14H19NO2S/c1-9-6-10(2)14-12(7-9)15(3)11(8-18-14)4-5-13(16)17/h6-7,11H,4-5,8H2,1-3H3,(H,16,17). The average Bonchev–Trinajstić information content (AvgIpc) is 2.29. The summed E-state index contributed by atoms with van der Waals surface area (Å²) in [6.45, 7) is 4.25. The van der Waals surface area contributed by atoms with Crippen molar-refractivity contribution in [3.05, 3.63) is 23.3 Å². The molecule has 1 aliphatic rings. The van der Waals surface area contributed by atoms with Gasteiger partial charge in [-0.15, -0.1) is 11.8 Å². The molecule has 0 bridgehead atoms. The largest absolute Gasteiger partial charge is 0.481 e. The van der Waals surface area contributed by atoms with Crippen molar-refractivity contribution in [2.75, 3.05) is 17.7 Å². The number of aliphatic carboxylic acids is 1. The van der Waals surface area contributed by atoms with E-state index >= 15 is 0 Å². The predicted octanol–water partition coefficient (Wildman–Crippen LogP) is 3.08. The Hall–Kier alpha value is -1.16. The molecule has 1 aliphatic heterocycles. The highest BCUT2D eigenvalue weighted by Crippen LogP contribution is 2.40. The Kier molecular flexibility index (Phi) is 3.85. The van der Waals surface area contributed by atoms with Crippen LogP contribution in [-0.4, -0.2) is 29.9 Å². The number of carboxylic acid groups (broad SMARTS) is 1. The smallest absolute Gasteiger partial charge is 0.303 e. The van der Waals surface area contributed by atoms with Crippen LogP contribution in [0.2, 0.25) is 0 Å². The zero-order valence-corrected chi connectivity index (χ0v) is 11.9. The number of benzene rings is 1. The number of thioether (sulfide) groups is 1. The summed E-state index contributed by atoms with van der Waals surface area (Å²) in [6, 6.07) is 4.72. The third-order valence-corrected chi connectivity index (χ3v) is 4.81. The Morgan fingerprint density at radius 2 is 2.22 bits per heavy atom. The van der Waals surface area contributed by atoms with Crippen LogP contribution in [0.3, 0.4) is 0 Å². The van der Waals surface area contributed by atoms with Crippen LogP contribution in [0.1, 0.15) is 24.0 Å². The lowest BCUT2D eigenvalue weighted by Gasteiger charge is -2.36. The molecule has 1 N–H and O–H groups in total. The maximum atomic E-state index is 10.7. The van der Waals surface area contributed by atoms with Gasteiger partial charge in [0.05, 0.1) is 5.69 Å². The van der Waals surface area contributed by atoms with E-state index in [0.717, 1.165) is 5.75 Å². The van der Waals surface area contributed by atoms with Gasteiger partial charge in [0.25, 0.3) is 0 Å². The van der Waals surface area contributed by atoms with Gasteiger partial charge in [-0.25, -0.2) is 0 Å². The van der Waals surface area contributed by atoms with Gasteiger partial charge in [-0.05, 0) is 37.5 Å². The van der Waals surface area contributed by atoms with Crippen LogP contribution in [0.25, 0.3) is 0 Å². The van der Waals surface area contributed by atoms with E-state index in [4.69, 9.17) is 5.11 Å². The number of anilines is 1. The van der Waals surface area contributed by atoms with Crippen LogP contribution in [0.15, 0.2) is 17.0 Å². The number of nitrogens with zero attached hydrogens (tertiary/aromatic N) is 1. The van der Waals surface area contributed by atoms with Crippen LogP contribution < -0.4 is 4.90 Å². The van der Waals surface area contributed by atoms with Gasteiger partial charge in [0.1, 0.15) is 0 Å². The van der Waals surface area contributed by atoms with Crippen LogP contribution in [0.4, 0.5) is 5.69 Å². The number of rotatable bonds is 3. The second-order valence-corrected chi connectivity index (χ2v) is 5.97. The van der Waals surface area contributed by atoms with Crippen LogP contribution in [0, 0.1) is 13.8 Å². The van der Waals surface area contributed by atoms with Crippen LogP contribution in [-0.2, 0) is 4.79 Å². The van der Waals surface area contributed by atoms with E-state index in [0.29, 0.717) is 12.5 Å². The molecule has 1 heterocycles. The summed E-state index contributed by atoms with van der Waals surface area (Å²) in [6.07, 6.45) is 0.959. The molecule has 0 aliphatic carbocycles. The number of hydrogen-bond acceptors (Lipinski definition) is 3. The first-order valence-electron chi connectivity index (χ1n) is 6.17. The van der Waals surface area contributed by atoms with Gasteiger partial charge in [0.2, 0.25) is 0 Å². The second-order valence-electron chi connectivity index (χ2n) is 4.94. The minimum atomic E-state index is -0.709. The number of hydrogen-bond donors (Lipinski definition) is 1. The SMILES string of the molecule is Cc1cc(C)c2c(c1)N(C)C(CCC(=O)O)CS2. The monoisotopic (exact) mass is 265 g/mol. The third kappa shape index (κ3) is 2.64. The molecule has 0 radical (unpaired) electrons. The van der Waals surface area contributed by atoms with Crippen molar-refractivity contribution in [1.82, 2.24) is 0 Å². The van der Waals surface area contributed by atoms with Crippen molar-refractivity contribution in [1.29, 1.82) is 0 Å². The summed E-state index contributed by atoms with van der Waals surface area (Å²) in [7, 11) is 2.07. The molecular formula is C14H19NO2S. The fourth-order valence-electron chi connectivity index (χ4n) is 2.44. The van der Waals surface area contributed by atoms with E-state index in [1.807, 2.05) is 11.8 Å². The van der Waals surface area contributed by atoms with Gasteiger partial charge < -0.3 is 10.0 Å². The summed E-state index contributed by atoms with van der Waals surface area (Å²) in [5.74, 6) is 0.264. The molecule has 1 aromatic carbocycles. The van der Waals surface area contributed by atoms with Crippen LogP contribution >= 0.6 is 11.8 Å². The van der Waals surface area contributed by atoms with Crippen molar-refractivity contribution < 1.29 is 9.90 Å². The highest BCUT2D eigenvalue weighted by molar-refractivity contribution is 7.99. The van der Waals surface area contributed by atoms with Gasteiger partial charge in [-0.3, -0.25) is 4.79 Å². The molecule has 2 rings (SSSR count). The van der Waals surface area contributed by atoms with Crippen molar-refractivity contribution >= 4 is 23.4 Å². The Balaban J connectivity index is 2.22. The fourth-order valence-corrected chi connectivity index (χ4v) is 3.82. The molecule has 0 saturated heterocycles. The van der Waals surface area contributed by atoms with Crippen molar-refractivity contribution in [2.24, 2.45) is 0 Å². The minimum absolute atomic E-state index is 0.246. The molecule has 98 valence electrons. The summed E-state index contributed by atoms with van der Waals surface area (Å²) in [5, 5.41) is 8.79. The van der Waals surface area contributed by atoms with E-state index in [9.17, 15) is 4.79 Å². The number of carboxylic acids is 1. The highest BCUT2D eigenvalue weighted by Gasteiger charge is 2.25. The maximum Gasteiger partial charge on any atom is 0.303 e. The molecule has 3 nitrogen and oxygen atoms in total. The first kappa shape index (κ1) is 13.3. The normalized spacial score (nSPS) is 18.6. The molecule has 0 amide bonds. The summed E-state index contributed by atoms with van der Waals surface area (Å²) < 4.78 is 0. The lowest BCUT2D eigenvalue weighted by Crippen LogP contribution is -2.37. The quantitative estimate of drug-likeness (QED) is 0.912. The summed E-state index contributed by atoms with van der Waals surface area (Å²) in [4.78, 5) is 14.3. The topological polar surface area (TPSA) is 40.5 Å². The Morgan fingerprint density at radius 3 is 2.89 bits per heavy atom. The summed E-state index contributed by atoms with van der Waals surface area (Å²) in [5.41, 5.74) is 3.83. The second kappa shape index (κ2) is 5.22. The molecule has 0 fully saturated rings. The lowest BCUT2D eigenvalue weighted by molar-refractivity contribution is -0.137. The molecule has 0 saturated carbocycles. The predicted molar refractivity (Wildman–Crippen MR) is 75.7 cm³/mol. The van der Waals surface area contributed by atoms with Gasteiger partial charge in [-0.2, -0.15) is 0 Å². The molecule has 1 unspecified atom stereocenters. The zero-order chi connectivity index (χ0) is 13.3. The van der Waals surface area contributed by atoms with Crippen molar-refractivity contribution in [2.45, 2.75) is 37.6 Å². The molecular weight excluding hydrogens is 246 g/mol. The fraction of sp³-hybridized carbons (Fsp3) is 0.500. The molecule has 4 heteroatoms. The molecule has 1 aromatic rings. The Morgan fingerprint density at radius 1 is 1.50 bits per heavy atom. The van der Waals surface area contributed by atoms with E-state index in [-0.39, 0.29) is 6.42 Å². The molecule has 0 aromatic heterocycles. The first-order valence-corrected chi connectivity index (χ1v) is 7.16. The van der Waals surface area contributed by atoms with Crippen molar-refractivity contribution in [3.63, 3.8) is 0 Å². The van der Waals surface area contributed by atoms with E-state index in [1.165, 1.54) is 21.7 Å². The zero-order valence-electron chi connectivity index (χ0n) is 11.1. The van der Waals surface area contributed by atoms with E-state index < -0.39 is 5.97 Å². The average molecular weight is 265 g/mol. The molecule has 0 spiro atoms. The van der Waals surface area contributed by atoms with Gasteiger partial charge in [0.15, 0.2) is 0 Å². The van der Waals surface area contributed by atoms with Gasteiger partial charge in [0, 0.05) is 30.2 Å². The van der Waals surface area contributed by atoms with Gasteiger partial charge in [-0.1, -0.05) is 6.07 Å². The minimum Gasteiger partial charge on any atom is -0.481 e. The maximum absolute atomic E-state index is 10.7. The first-order chi connectivity index (χ1) is 8.49. The van der Waals surface area contributed by atoms with Crippen LogP contribution in [0.5, 0.6) is 0 Å². The van der Waals surface area contributed by atoms with E-state index in [1.54, 1.807) is 0 Å². The third-order valence-electron chi connectivity index (χ3n) is 3.44. The Bertz CT molecular complexity index is 473.